The Morgan fingerprint density at radius 2 is 2.05 bits per heavy atom. The molecule has 0 aliphatic carbocycles. The molecular weight excluding hydrogens is 286 g/mol. The topological polar surface area (TPSA) is 83.1 Å². The fourth-order valence-electron chi connectivity index (χ4n) is 2.21. The summed E-state index contributed by atoms with van der Waals surface area (Å²) >= 11 is 0. The van der Waals surface area contributed by atoms with E-state index in [4.69, 9.17) is 9.47 Å². The molecule has 1 aromatic rings. The molecule has 3 N–H and O–H groups in total. The van der Waals surface area contributed by atoms with Gasteiger partial charge in [-0.25, -0.2) is 4.79 Å². The average molecular weight is 309 g/mol. The first-order chi connectivity index (χ1) is 10.7. The normalized spacial score (nSPS) is 16.8. The Hall–Kier alpha value is -1.83. The lowest BCUT2D eigenvalue weighted by Gasteiger charge is -2.28. The second-order valence-electron chi connectivity index (χ2n) is 5.13. The molecule has 0 unspecified atom stereocenters. The predicted molar refractivity (Wildman–Crippen MR) is 83.3 cm³/mol. The second kappa shape index (κ2) is 8.57. The number of benzene rings is 1. The number of carbonyl (C=O) groups is 1. The summed E-state index contributed by atoms with van der Waals surface area (Å²) in [6.45, 7) is 3.76. The van der Waals surface area contributed by atoms with Crippen molar-refractivity contribution >= 4 is 11.7 Å². The number of amides is 2. The Balaban J connectivity index is 1.67. The molecule has 0 bridgehead atoms. The minimum Gasteiger partial charge on any atom is -0.497 e. The first kappa shape index (κ1) is 16.5. The highest BCUT2D eigenvalue weighted by atomic mass is 16.5. The number of carbonyl (C=O) groups excluding carboxylic acids is 1. The van der Waals surface area contributed by atoms with Crippen LogP contribution in [0.3, 0.4) is 0 Å². The number of nitrogens with one attached hydrogen (secondary N) is 2. The van der Waals surface area contributed by atoms with Crippen molar-refractivity contribution in [1.82, 2.24) is 10.2 Å². The van der Waals surface area contributed by atoms with Gasteiger partial charge in [-0.3, -0.25) is 4.90 Å². The maximum atomic E-state index is 11.8. The molecule has 122 valence electrons. The van der Waals surface area contributed by atoms with Gasteiger partial charge in [0.15, 0.2) is 0 Å². The van der Waals surface area contributed by atoms with Crippen LogP contribution in [0.4, 0.5) is 10.5 Å². The van der Waals surface area contributed by atoms with Crippen molar-refractivity contribution in [2.24, 2.45) is 0 Å². The first-order valence-corrected chi connectivity index (χ1v) is 7.34. The molecule has 0 aromatic heterocycles. The van der Waals surface area contributed by atoms with Crippen molar-refractivity contribution in [1.29, 1.82) is 0 Å². The maximum Gasteiger partial charge on any atom is 0.319 e. The number of aliphatic hydroxyl groups excluding tert-OH is 1. The summed E-state index contributed by atoms with van der Waals surface area (Å²) in [5.41, 5.74) is 0.668. The number of morpholine rings is 1. The van der Waals surface area contributed by atoms with Crippen LogP contribution in [0.15, 0.2) is 24.3 Å². The third-order valence-electron chi connectivity index (χ3n) is 3.42. The van der Waals surface area contributed by atoms with Gasteiger partial charge in [0.05, 0.1) is 26.4 Å². The molecule has 0 saturated carbocycles. The maximum absolute atomic E-state index is 11.8. The van der Waals surface area contributed by atoms with Crippen LogP contribution in [0.2, 0.25) is 0 Å². The van der Waals surface area contributed by atoms with E-state index in [1.165, 1.54) is 0 Å². The molecule has 2 rings (SSSR count). The van der Waals surface area contributed by atoms with Gasteiger partial charge in [-0.15, -0.1) is 0 Å². The van der Waals surface area contributed by atoms with Crippen LogP contribution in [-0.2, 0) is 4.74 Å². The lowest BCUT2D eigenvalue weighted by Crippen LogP contribution is -2.45. The zero-order valence-electron chi connectivity index (χ0n) is 12.7. The van der Waals surface area contributed by atoms with Crippen LogP contribution < -0.4 is 15.4 Å². The smallest absolute Gasteiger partial charge is 0.319 e. The van der Waals surface area contributed by atoms with Gasteiger partial charge in [-0.05, 0) is 24.3 Å². The van der Waals surface area contributed by atoms with Crippen molar-refractivity contribution < 1.29 is 19.4 Å². The SMILES string of the molecule is COc1ccc(NC(=O)NC[C@@H](O)CN2CCOCC2)cc1. The van der Waals surface area contributed by atoms with Crippen molar-refractivity contribution in [3.63, 3.8) is 0 Å². The number of anilines is 1. The van der Waals surface area contributed by atoms with E-state index in [-0.39, 0.29) is 12.6 Å². The van der Waals surface area contributed by atoms with Gasteiger partial charge in [0.1, 0.15) is 5.75 Å². The summed E-state index contributed by atoms with van der Waals surface area (Å²) in [7, 11) is 1.59. The van der Waals surface area contributed by atoms with E-state index in [0.717, 1.165) is 18.8 Å². The summed E-state index contributed by atoms with van der Waals surface area (Å²) in [5.74, 6) is 0.729. The highest BCUT2D eigenvalue weighted by Gasteiger charge is 2.15. The Kier molecular flexibility index (Phi) is 6.45. The molecule has 7 nitrogen and oxygen atoms in total. The number of hydrogen-bond donors (Lipinski definition) is 3. The number of rotatable bonds is 6. The number of methoxy groups -OCH3 is 1. The molecule has 1 aliphatic rings. The van der Waals surface area contributed by atoms with Crippen LogP contribution in [0.1, 0.15) is 0 Å². The summed E-state index contributed by atoms with van der Waals surface area (Å²) in [5, 5.41) is 15.3. The Labute approximate surface area is 130 Å². The molecule has 1 atom stereocenters. The molecule has 1 aromatic carbocycles. The summed E-state index contributed by atoms with van der Waals surface area (Å²) in [4.78, 5) is 13.9. The largest absolute Gasteiger partial charge is 0.497 e. The predicted octanol–water partition coefficient (Wildman–Crippen LogP) is 0.510. The lowest BCUT2D eigenvalue weighted by atomic mass is 10.3. The van der Waals surface area contributed by atoms with E-state index < -0.39 is 6.10 Å². The Morgan fingerprint density at radius 1 is 1.36 bits per heavy atom. The number of urea groups is 1. The van der Waals surface area contributed by atoms with Gasteiger partial charge in [0.2, 0.25) is 0 Å². The van der Waals surface area contributed by atoms with Crippen LogP contribution in [0, 0.1) is 0 Å². The minimum absolute atomic E-state index is 0.208. The third kappa shape index (κ3) is 5.51. The minimum atomic E-state index is -0.597. The van der Waals surface area contributed by atoms with Gasteiger partial charge >= 0.3 is 6.03 Å². The number of hydrogen-bond acceptors (Lipinski definition) is 5. The average Bonchev–Trinajstić information content (AvgIpc) is 2.55. The lowest BCUT2D eigenvalue weighted by molar-refractivity contribution is 0.0154. The molecule has 1 saturated heterocycles. The summed E-state index contributed by atoms with van der Waals surface area (Å²) in [6.07, 6.45) is -0.597. The van der Waals surface area contributed by atoms with Gasteiger partial charge in [0, 0.05) is 31.9 Å². The number of nitrogens with zero attached hydrogens (tertiary/aromatic N) is 1. The van der Waals surface area contributed by atoms with E-state index in [2.05, 4.69) is 15.5 Å². The van der Waals surface area contributed by atoms with Gasteiger partial charge < -0.3 is 25.2 Å². The Morgan fingerprint density at radius 3 is 2.68 bits per heavy atom. The molecule has 0 radical (unpaired) electrons. The van der Waals surface area contributed by atoms with Crippen molar-refractivity contribution in [2.45, 2.75) is 6.10 Å². The molecule has 2 amide bonds. The van der Waals surface area contributed by atoms with Crippen LogP contribution in [0.5, 0.6) is 5.75 Å². The van der Waals surface area contributed by atoms with E-state index in [0.29, 0.717) is 25.4 Å². The van der Waals surface area contributed by atoms with Crippen LogP contribution >= 0.6 is 0 Å². The highest BCUT2D eigenvalue weighted by Crippen LogP contribution is 2.14. The van der Waals surface area contributed by atoms with Crippen LogP contribution in [-0.4, -0.2) is 68.6 Å². The number of β-amino-alcohol motifs (C(OH)–C–C–N with tert-alkyl or cyclic N) is 1. The van der Waals surface area contributed by atoms with E-state index in [1.54, 1.807) is 31.4 Å². The molecule has 7 heteroatoms. The third-order valence-corrected chi connectivity index (χ3v) is 3.42. The Bertz CT molecular complexity index is 460. The zero-order chi connectivity index (χ0) is 15.8. The van der Waals surface area contributed by atoms with Crippen molar-refractivity contribution in [3.05, 3.63) is 24.3 Å². The summed E-state index contributed by atoms with van der Waals surface area (Å²) < 4.78 is 10.3. The van der Waals surface area contributed by atoms with E-state index >= 15 is 0 Å². The highest BCUT2D eigenvalue weighted by molar-refractivity contribution is 5.89. The first-order valence-electron chi connectivity index (χ1n) is 7.34. The van der Waals surface area contributed by atoms with Crippen molar-refractivity contribution in [2.75, 3.05) is 51.8 Å². The number of aliphatic hydroxyl groups is 1. The van der Waals surface area contributed by atoms with E-state index in [9.17, 15) is 9.90 Å². The molecular formula is C15H23N3O4. The molecule has 0 spiro atoms. The second-order valence-corrected chi connectivity index (χ2v) is 5.13. The monoisotopic (exact) mass is 309 g/mol. The molecule has 1 aliphatic heterocycles. The van der Waals surface area contributed by atoms with Gasteiger partial charge in [-0.2, -0.15) is 0 Å². The fourth-order valence-corrected chi connectivity index (χ4v) is 2.21. The number of ether oxygens (including phenoxy) is 2. The quantitative estimate of drug-likeness (QED) is 0.713. The zero-order valence-corrected chi connectivity index (χ0v) is 12.7. The standard InChI is InChI=1S/C15H23N3O4/c1-21-14-4-2-12(3-5-14)17-15(20)16-10-13(19)11-18-6-8-22-9-7-18/h2-5,13,19H,6-11H2,1H3,(H2,16,17,20)/t13-/m1/s1. The van der Waals surface area contributed by atoms with Gasteiger partial charge in [-0.1, -0.05) is 0 Å². The molecule has 1 fully saturated rings. The van der Waals surface area contributed by atoms with Gasteiger partial charge in [0.25, 0.3) is 0 Å². The molecule has 1 heterocycles. The fraction of sp³-hybridized carbons (Fsp3) is 0.533. The van der Waals surface area contributed by atoms with Crippen LogP contribution in [0.25, 0.3) is 0 Å². The summed E-state index contributed by atoms with van der Waals surface area (Å²) in [6, 6.07) is 6.70. The van der Waals surface area contributed by atoms with Crippen molar-refractivity contribution in [3.8, 4) is 5.75 Å². The molecule has 22 heavy (non-hydrogen) atoms. The van der Waals surface area contributed by atoms with E-state index in [1.807, 2.05) is 0 Å².